The van der Waals surface area contributed by atoms with Crippen molar-refractivity contribution in [2.45, 2.75) is 26.3 Å². The van der Waals surface area contributed by atoms with Crippen LogP contribution in [0.1, 0.15) is 30.1 Å². The molecule has 0 spiro atoms. The Labute approximate surface area is 120 Å². The number of aromatic nitrogens is 4. The highest BCUT2D eigenvalue weighted by Gasteiger charge is 2.18. The fraction of sp³-hybridized carbons (Fsp3) is 0.308. The molecule has 3 aromatic heterocycles. The third-order valence-corrected chi connectivity index (χ3v) is 4.31. The summed E-state index contributed by atoms with van der Waals surface area (Å²) < 4.78 is 2.78. The Morgan fingerprint density at radius 2 is 2.32 bits per heavy atom. The topological polar surface area (TPSA) is 46.5 Å². The van der Waals surface area contributed by atoms with Crippen molar-refractivity contribution in [2.24, 2.45) is 0 Å². The SMILES string of the molecule is CCC(c1nccs1)n1c(=S)[nH]c2ccc(C)nc21. The zero-order valence-corrected chi connectivity index (χ0v) is 12.4. The second-order valence-electron chi connectivity index (χ2n) is 4.42. The number of pyridine rings is 1. The van der Waals surface area contributed by atoms with Crippen molar-refractivity contribution in [1.29, 1.82) is 0 Å². The van der Waals surface area contributed by atoms with Crippen molar-refractivity contribution < 1.29 is 0 Å². The normalized spacial score (nSPS) is 12.9. The number of hydrogen-bond donors (Lipinski definition) is 1. The molecule has 3 rings (SSSR count). The number of imidazole rings is 1. The highest BCUT2D eigenvalue weighted by Crippen LogP contribution is 2.27. The summed E-state index contributed by atoms with van der Waals surface area (Å²) in [6.07, 6.45) is 2.77. The van der Waals surface area contributed by atoms with E-state index in [0.29, 0.717) is 4.77 Å². The van der Waals surface area contributed by atoms with E-state index >= 15 is 0 Å². The van der Waals surface area contributed by atoms with Crippen molar-refractivity contribution in [3.05, 3.63) is 39.2 Å². The summed E-state index contributed by atoms with van der Waals surface area (Å²) in [7, 11) is 0. The highest BCUT2D eigenvalue weighted by atomic mass is 32.1. The van der Waals surface area contributed by atoms with Crippen molar-refractivity contribution in [1.82, 2.24) is 19.5 Å². The molecule has 0 aliphatic carbocycles. The van der Waals surface area contributed by atoms with Gasteiger partial charge in [0.15, 0.2) is 10.4 Å². The summed E-state index contributed by atoms with van der Waals surface area (Å²) in [6.45, 7) is 4.13. The van der Waals surface area contributed by atoms with Crippen molar-refractivity contribution >= 4 is 34.7 Å². The third-order valence-electron chi connectivity index (χ3n) is 3.14. The Balaban J connectivity index is 2.26. The van der Waals surface area contributed by atoms with Crippen LogP contribution in [0.2, 0.25) is 0 Å². The number of nitrogens with one attached hydrogen (secondary N) is 1. The quantitative estimate of drug-likeness (QED) is 0.745. The molecule has 6 heteroatoms. The monoisotopic (exact) mass is 290 g/mol. The zero-order valence-electron chi connectivity index (χ0n) is 10.8. The van der Waals surface area contributed by atoms with E-state index in [2.05, 4.69) is 26.4 Å². The lowest BCUT2D eigenvalue weighted by molar-refractivity contribution is 0.568. The van der Waals surface area contributed by atoms with Gasteiger partial charge in [-0.2, -0.15) is 0 Å². The summed E-state index contributed by atoms with van der Waals surface area (Å²) >= 11 is 7.11. The molecule has 19 heavy (non-hydrogen) atoms. The number of H-pyrrole nitrogens is 1. The second kappa shape index (κ2) is 4.86. The summed E-state index contributed by atoms with van der Waals surface area (Å²) in [5.74, 6) is 0. The molecule has 4 nitrogen and oxygen atoms in total. The van der Waals surface area contributed by atoms with Gasteiger partial charge in [0, 0.05) is 17.3 Å². The van der Waals surface area contributed by atoms with Gasteiger partial charge in [0.1, 0.15) is 5.01 Å². The van der Waals surface area contributed by atoms with E-state index < -0.39 is 0 Å². The van der Waals surface area contributed by atoms with Crippen LogP contribution in [0.5, 0.6) is 0 Å². The van der Waals surface area contributed by atoms with Crippen LogP contribution in [0.4, 0.5) is 0 Å². The summed E-state index contributed by atoms with van der Waals surface area (Å²) in [4.78, 5) is 12.3. The predicted octanol–water partition coefficient (Wildman–Crippen LogP) is 3.86. The molecule has 0 bridgehead atoms. The Hall–Kier alpha value is -1.53. The summed E-state index contributed by atoms with van der Waals surface area (Å²) in [6, 6.07) is 4.16. The van der Waals surface area contributed by atoms with Gasteiger partial charge < -0.3 is 4.98 Å². The molecule has 0 amide bonds. The van der Waals surface area contributed by atoms with E-state index in [1.807, 2.05) is 30.6 Å². The first-order chi connectivity index (χ1) is 9.20. The van der Waals surface area contributed by atoms with Gasteiger partial charge in [0.05, 0.1) is 11.6 Å². The Morgan fingerprint density at radius 3 is 3.00 bits per heavy atom. The van der Waals surface area contributed by atoms with Crippen molar-refractivity contribution in [3.8, 4) is 0 Å². The van der Waals surface area contributed by atoms with Gasteiger partial charge in [0.25, 0.3) is 0 Å². The van der Waals surface area contributed by atoms with Crippen LogP contribution in [-0.4, -0.2) is 19.5 Å². The maximum Gasteiger partial charge on any atom is 0.179 e. The molecule has 0 aromatic carbocycles. The van der Waals surface area contributed by atoms with Crippen molar-refractivity contribution in [2.75, 3.05) is 0 Å². The average Bonchev–Trinajstić information content (AvgIpc) is 3.00. The van der Waals surface area contributed by atoms with Crippen LogP contribution in [0.25, 0.3) is 11.2 Å². The molecule has 0 aliphatic heterocycles. The lowest BCUT2D eigenvalue weighted by atomic mass is 10.2. The zero-order chi connectivity index (χ0) is 13.4. The Morgan fingerprint density at radius 1 is 1.47 bits per heavy atom. The molecular weight excluding hydrogens is 276 g/mol. The Kier molecular flexibility index (Phi) is 3.20. The van der Waals surface area contributed by atoms with Gasteiger partial charge in [0.2, 0.25) is 0 Å². The number of fused-ring (bicyclic) bond motifs is 1. The van der Waals surface area contributed by atoms with Gasteiger partial charge in [-0.15, -0.1) is 11.3 Å². The largest absolute Gasteiger partial charge is 0.329 e. The fourth-order valence-electron chi connectivity index (χ4n) is 2.25. The van der Waals surface area contributed by atoms with Crippen LogP contribution >= 0.6 is 23.6 Å². The number of nitrogens with zero attached hydrogens (tertiary/aromatic N) is 3. The minimum absolute atomic E-state index is 0.149. The predicted molar refractivity (Wildman–Crippen MR) is 80.2 cm³/mol. The maximum atomic E-state index is 5.46. The van der Waals surface area contributed by atoms with E-state index in [0.717, 1.165) is 28.3 Å². The van der Waals surface area contributed by atoms with Crippen LogP contribution in [-0.2, 0) is 0 Å². The molecule has 3 aromatic rings. The lowest BCUT2D eigenvalue weighted by Gasteiger charge is -2.14. The smallest absolute Gasteiger partial charge is 0.179 e. The number of rotatable bonds is 3. The average molecular weight is 290 g/mol. The van der Waals surface area contributed by atoms with E-state index in [-0.39, 0.29) is 6.04 Å². The molecule has 1 N–H and O–H groups in total. The number of aryl methyl sites for hydroxylation is 1. The van der Waals surface area contributed by atoms with Gasteiger partial charge >= 0.3 is 0 Å². The van der Waals surface area contributed by atoms with Crippen LogP contribution in [0.3, 0.4) is 0 Å². The fourth-order valence-corrected chi connectivity index (χ4v) is 3.39. The molecule has 1 atom stereocenters. The first-order valence-corrected chi connectivity index (χ1v) is 7.46. The van der Waals surface area contributed by atoms with E-state index in [1.165, 1.54) is 0 Å². The third kappa shape index (κ3) is 2.11. The minimum Gasteiger partial charge on any atom is -0.329 e. The van der Waals surface area contributed by atoms with Gasteiger partial charge in [-0.05, 0) is 37.7 Å². The highest BCUT2D eigenvalue weighted by molar-refractivity contribution is 7.71. The molecule has 0 aliphatic rings. The molecule has 3 heterocycles. The van der Waals surface area contributed by atoms with Crippen LogP contribution < -0.4 is 0 Å². The minimum atomic E-state index is 0.149. The van der Waals surface area contributed by atoms with Gasteiger partial charge in [-0.3, -0.25) is 4.57 Å². The number of hydrogen-bond acceptors (Lipinski definition) is 4. The standard InChI is InChI=1S/C13H14N4S2/c1-3-10(12-14-6-7-19-12)17-11-9(16-13(17)18)5-4-8(2)15-11/h4-7,10H,3H2,1-2H3,(H,16,18). The second-order valence-corrected chi connectivity index (χ2v) is 5.73. The number of thiazole rings is 1. The lowest BCUT2D eigenvalue weighted by Crippen LogP contribution is -2.10. The number of aromatic amines is 1. The molecule has 0 fully saturated rings. The maximum absolute atomic E-state index is 5.46. The summed E-state index contributed by atoms with van der Waals surface area (Å²) in [5, 5.41) is 3.07. The van der Waals surface area contributed by atoms with Gasteiger partial charge in [-0.1, -0.05) is 6.92 Å². The molecule has 0 saturated carbocycles. The van der Waals surface area contributed by atoms with E-state index in [4.69, 9.17) is 12.2 Å². The first-order valence-electron chi connectivity index (χ1n) is 6.18. The van der Waals surface area contributed by atoms with Gasteiger partial charge in [-0.25, -0.2) is 9.97 Å². The Bertz CT molecular complexity index is 755. The molecule has 1 unspecified atom stereocenters. The van der Waals surface area contributed by atoms with Crippen molar-refractivity contribution in [3.63, 3.8) is 0 Å². The van der Waals surface area contributed by atoms with Crippen LogP contribution in [0.15, 0.2) is 23.7 Å². The molecule has 98 valence electrons. The van der Waals surface area contributed by atoms with E-state index in [1.54, 1.807) is 11.3 Å². The van der Waals surface area contributed by atoms with E-state index in [9.17, 15) is 0 Å². The van der Waals surface area contributed by atoms with Crippen LogP contribution in [0, 0.1) is 11.7 Å². The molecular formula is C13H14N4S2. The summed E-state index contributed by atoms with van der Waals surface area (Å²) in [5.41, 5.74) is 2.88. The molecule has 0 saturated heterocycles. The first kappa shape index (κ1) is 12.5. The molecule has 0 radical (unpaired) electrons.